The number of anilines is 3. The van der Waals surface area contributed by atoms with Crippen molar-refractivity contribution < 1.29 is 9.47 Å². The molecule has 0 spiro atoms. The Labute approximate surface area is 106 Å². The fourth-order valence-corrected chi connectivity index (χ4v) is 1.72. The molecule has 0 aromatic heterocycles. The van der Waals surface area contributed by atoms with Crippen LogP contribution >= 0.6 is 0 Å². The minimum Gasteiger partial charge on any atom is -0.497 e. The van der Waals surface area contributed by atoms with Crippen LogP contribution in [0, 0.1) is 0 Å². The zero-order valence-electron chi connectivity index (χ0n) is 10.4. The molecule has 2 aromatic carbocycles. The molecule has 94 valence electrons. The molecule has 0 aliphatic carbocycles. The monoisotopic (exact) mass is 244 g/mol. The molecular formula is C14H16N2O2. The summed E-state index contributed by atoms with van der Waals surface area (Å²) in [5.74, 6) is 1.49. The van der Waals surface area contributed by atoms with Crippen molar-refractivity contribution in [3.8, 4) is 11.5 Å². The smallest absolute Gasteiger partial charge is 0.142 e. The van der Waals surface area contributed by atoms with Crippen molar-refractivity contribution in [3.63, 3.8) is 0 Å². The van der Waals surface area contributed by atoms with Crippen molar-refractivity contribution in [1.29, 1.82) is 0 Å². The van der Waals surface area contributed by atoms with E-state index in [0.29, 0.717) is 11.4 Å². The van der Waals surface area contributed by atoms with Gasteiger partial charge in [-0.1, -0.05) is 12.1 Å². The normalized spacial score (nSPS) is 9.89. The third kappa shape index (κ3) is 2.66. The van der Waals surface area contributed by atoms with Crippen molar-refractivity contribution in [2.75, 3.05) is 25.3 Å². The number of nitrogens with one attached hydrogen (secondary N) is 1. The Morgan fingerprint density at radius 2 is 1.78 bits per heavy atom. The quantitative estimate of drug-likeness (QED) is 0.812. The van der Waals surface area contributed by atoms with Crippen molar-refractivity contribution in [2.24, 2.45) is 0 Å². The lowest BCUT2D eigenvalue weighted by molar-refractivity contribution is 0.415. The van der Waals surface area contributed by atoms with Crippen LogP contribution < -0.4 is 20.5 Å². The molecule has 0 fully saturated rings. The van der Waals surface area contributed by atoms with E-state index in [0.717, 1.165) is 17.1 Å². The van der Waals surface area contributed by atoms with Gasteiger partial charge in [-0.05, 0) is 18.2 Å². The summed E-state index contributed by atoms with van der Waals surface area (Å²) in [4.78, 5) is 0. The van der Waals surface area contributed by atoms with E-state index in [-0.39, 0.29) is 0 Å². The van der Waals surface area contributed by atoms with E-state index in [4.69, 9.17) is 15.2 Å². The number of benzene rings is 2. The van der Waals surface area contributed by atoms with Gasteiger partial charge in [0, 0.05) is 23.5 Å². The number of nitrogens with two attached hydrogens (primary N) is 1. The van der Waals surface area contributed by atoms with Crippen LogP contribution in [0.25, 0.3) is 0 Å². The Balaban J connectivity index is 2.30. The maximum absolute atomic E-state index is 5.81. The van der Waals surface area contributed by atoms with Crippen molar-refractivity contribution in [2.45, 2.75) is 0 Å². The van der Waals surface area contributed by atoms with Gasteiger partial charge in [-0.25, -0.2) is 0 Å². The second-order valence-corrected chi connectivity index (χ2v) is 3.82. The first-order valence-electron chi connectivity index (χ1n) is 5.57. The van der Waals surface area contributed by atoms with Gasteiger partial charge in [0.1, 0.15) is 11.5 Å². The predicted octanol–water partition coefficient (Wildman–Crippen LogP) is 3.03. The molecule has 3 N–H and O–H groups in total. The molecule has 4 nitrogen and oxygen atoms in total. The minimum absolute atomic E-state index is 0.645. The van der Waals surface area contributed by atoms with Gasteiger partial charge in [-0.2, -0.15) is 0 Å². The highest BCUT2D eigenvalue weighted by Gasteiger charge is 2.04. The minimum atomic E-state index is 0.645. The Hall–Kier alpha value is -2.36. The Morgan fingerprint density at radius 3 is 2.50 bits per heavy atom. The van der Waals surface area contributed by atoms with Gasteiger partial charge >= 0.3 is 0 Å². The van der Waals surface area contributed by atoms with E-state index in [9.17, 15) is 0 Å². The molecule has 2 rings (SSSR count). The van der Waals surface area contributed by atoms with Crippen molar-refractivity contribution in [3.05, 3.63) is 42.5 Å². The molecule has 0 heterocycles. The summed E-state index contributed by atoms with van der Waals surface area (Å²) in [5, 5.41) is 3.25. The second-order valence-electron chi connectivity index (χ2n) is 3.82. The molecule has 0 aliphatic rings. The Bertz CT molecular complexity index is 541. The van der Waals surface area contributed by atoms with Crippen LogP contribution in [0.2, 0.25) is 0 Å². The van der Waals surface area contributed by atoms with Gasteiger partial charge < -0.3 is 20.5 Å². The highest BCUT2D eigenvalue weighted by Crippen LogP contribution is 2.30. The Kier molecular flexibility index (Phi) is 3.57. The zero-order chi connectivity index (χ0) is 13.0. The zero-order valence-corrected chi connectivity index (χ0v) is 10.4. The largest absolute Gasteiger partial charge is 0.497 e. The average molecular weight is 244 g/mol. The van der Waals surface area contributed by atoms with Crippen LogP contribution in [-0.4, -0.2) is 14.2 Å². The third-order valence-electron chi connectivity index (χ3n) is 2.55. The predicted molar refractivity (Wildman–Crippen MR) is 73.7 cm³/mol. The van der Waals surface area contributed by atoms with Gasteiger partial charge in [0.25, 0.3) is 0 Å². The molecule has 0 unspecified atom stereocenters. The molecule has 0 saturated carbocycles. The lowest BCUT2D eigenvalue weighted by Gasteiger charge is -2.12. The molecular weight excluding hydrogens is 228 g/mol. The summed E-state index contributed by atoms with van der Waals surface area (Å²) in [7, 11) is 3.25. The van der Waals surface area contributed by atoms with Gasteiger partial charge in [-0.3, -0.25) is 0 Å². The molecule has 4 heteroatoms. The standard InChI is InChI=1S/C14H16N2O2/c1-17-12-8-10(15)7-11(9-12)16-13-5-3-4-6-14(13)18-2/h3-9,16H,15H2,1-2H3. The number of nitrogen functional groups attached to an aromatic ring is 1. The summed E-state index contributed by atoms with van der Waals surface area (Å²) >= 11 is 0. The van der Waals surface area contributed by atoms with Crippen LogP contribution in [-0.2, 0) is 0 Å². The lowest BCUT2D eigenvalue weighted by atomic mass is 10.2. The summed E-state index contributed by atoms with van der Waals surface area (Å²) in [6.07, 6.45) is 0. The number of rotatable bonds is 4. The molecule has 0 aliphatic heterocycles. The highest BCUT2D eigenvalue weighted by atomic mass is 16.5. The van der Waals surface area contributed by atoms with E-state index in [1.807, 2.05) is 36.4 Å². The van der Waals surface area contributed by atoms with Gasteiger partial charge in [0.15, 0.2) is 0 Å². The highest BCUT2D eigenvalue weighted by molar-refractivity contribution is 5.70. The summed E-state index contributed by atoms with van der Waals surface area (Å²) in [5.41, 5.74) is 8.19. The van der Waals surface area contributed by atoms with E-state index < -0.39 is 0 Å². The first-order valence-corrected chi connectivity index (χ1v) is 5.57. The van der Waals surface area contributed by atoms with E-state index >= 15 is 0 Å². The SMILES string of the molecule is COc1cc(N)cc(Nc2ccccc2OC)c1. The Morgan fingerprint density at radius 1 is 1.00 bits per heavy atom. The van der Waals surface area contributed by atoms with Crippen LogP contribution in [0.5, 0.6) is 11.5 Å². The first kappa shape index (κ1) is 12.1. The number of methoxy groups -OCH3 is 2. The average Bonchev–Trinajstić information content (AvgIpc) is 2.38. The van der Waals surface area contributed by atoms with E-state index in [2.05, 4.69) is 5.32 Å². The maximum atomic E-state index is 5.81. The molecule has 0 atom stereocenters. The fraction of sp³-hybridized carbons (Fsp3) is 0.143. The van der Waals surface area contributed by atoms with Crippen LogP contribution in [0.3, 0.4) is 0 Å². The van der Waals surface area contributed by atoms with Crippen LogP contribution in [0.1, 0.15) is 0 Å². The maximum Gasteiger partial charge on any atom is 0.142 e. The van der Waals surface area contributed by atoms with Crippen LogP contribution in [0.15, 0.2) is 42.5 Å². The van der Waals surface area contributed by atoms with Crippen molar-refractivity contribution >= 4 is 17.1 Å². The first-order chi connectivity index (χ1) is 8.72. The molecule has 2 aromatic rings. The summed E-state index contributed by atoms with van der Waals surface area (Å²) in [6.45, 7) is 0. The molecule has 0 amide bonds. The fourth-order valence-electron chi connectivity index (χ4n) is 1.72. The number of hydrogen-bond donors (Lipinski definition) is 2. The lowest BCUT2D eigenvalue weighted by Crippen LogP contribution is -1.96. The van der Waals surface area contributed by atoms with E-state index in [1.165, 1.54) is 0 Å². The summed E-state index contributed by atoms with van der Waals surface area (Å²) in [6, 6.07) is 13.2. The second kappa shape index (κ2) is 5.31. The number of hydrogen-bond acceptors (Lipinski definition) is 4. The van der Waals surface area contributed by atoms with Crippen molar-refractivity contribution in [1.82, 2.24) is 0 Å². The molecule has 0 bridgehead atoms. The molecule has 0 saturated heterocycles. The van der Waals surface area contributed by atoms with Gasteiger partial charge in [0.2, 0.25) is 0 Å². The third-order valence-corrected chi connectivity index (χ3v) is 2.55. The number of para-hydroxylation sites is 2. The summed E-state index contributed by atoms with van der Waals surface area (Å²) < 4.78 is 10.5. The van der Waals surface area contributed by atoms with E-state index in [1.54, 1.807) is 20.3 Å². The molecule has 18 heavy (non-hydrogen) atoms. The topological polar surface area (TPSA) is 56.5 Å². The number of ether oxygens (including phenoxy) is 2. The van der Waals surface area contributed by atoms with Gasteiger partial charge in [0.05, 0.1) is 19.9 Å². The van der Waals surface area contributed by atoms with Gasteiger partial charge in [-0.15, -0.1) is 0 Å². The molecule has 0 radical (unpaired) electrons. The van der Waals surface area contributed by atoms with Crippen LogP contribution in [0.4, 0.5) is 17.1 Å².